The van der Waals surface area contributed by atoms with Crippen molar-refractivity contribution in [2.24, 2.45) is 0 Å². The number of ether oxygens (including phenoxy) is 1. The van der Waals surface area contributed by atoms with Crippen molar-refractivity contribution in [1.29, 1.82) is 0 Å². The van der Waals surface area contributed by atoms with Gasteiger partial charge in [0.2, 0.25) is 5.91 Å². The Hall–Kier alpha value is -2.72. The number of benzene rings is 1. The monoisotopic (exact) mass is 445 g/mol. The van der Waals surface area contributed by atoms with Crippen molar-refractivity contribution in [3.05, 3.63) is 47.8 Å². The quantitative estimate of drug-likeness (QED) is 0.401. The van der Waals surface area contributed by atoms with E-state index in [0.29, 0.717) is 13.0 Å². The minimum atomic E-state index is -2.27. The molecule has 2 aromatic rings. The van der Waals surface area contributed by atoms with Crippen LogP contribution in [0.4, 0.5) is 4.79 Å². The summed E-state index contributed by atoms with van der Waals surface area (Å²) in [6.07, 6.45) is 2.60. The molecule has 3 rings (SSSR count). The van der Waals surface area contributed by atoms with E-state index in [9.17, 15) is 14.4 Å². The molecule has 9 nitrogen and oxygen atoms in total. The zero-order valence-electron chi connectivity index (χ0n) is 18.5. The fourth-order valence-electron chi connectivity index (χ4n) is 3.11. The van der Waals surface area contributed by atoms with Crippen molar-refractivity contribution in [2.45, 2.75) is 70.1 Å². The zero-order chi connectivity index (χ0) is 22.6. The molecule has 0 aliphatic carbocycles. The second-order valence-corrected chi connectivity index (χ2v) is 13.6. The highest BCUT2D eigenvalue weighted by Gasteiger charge is 2.41. The molecule has 1 aliphatic heterocycles. The van der Waals surface area contributed by atoms with Crippen LogP contribution in [0.2, 0.25) is 18.1 Å². The van der Waals surface area contributed by atoms with Crippen molar-refractivity contribution in [2.75, 3.05) is 0 Å². The van der Waals surface area contributed by atoms with Crippen LogP contribution in [0, 0.1) is 0 Å². The summed E-state index contributed by atoms with van der Waals surface area (Å²) in [7, 11) is -2.27. The molecule has 1 aromatic carbocycles. The number of carbonyl (C=O) groups excluding carboxylic acids is 2. The maximum absolute atomic E-state index is 12.1. The number of aromatic nitrogens is 3. The number of hydrogen-bond donors (Lipinski definition) is 3. The second kappa shape index (κ2) is 9.19. The van der Waals surface area contributed by atoms with E-state index in [4.69, 9.17) is 4.74 Å². The Morgan fingerprint density at radius 2 is 2.03 bits per heavy atom. The minimum Gasteiger partial charge on any atom is -0.445 e. The zero-order valence-corrected chi connectivity index (χ0v) is 19.5. The van der Waals surface area contributed by atoms with Gasteiger partial charge in [0, 0.05) is 0 Å². The molecule has 31 heavy (non-hydrogen) atoms. The van der Waals surface area contributed by atoms with E-state index in [-0.39, 0.29) is 23.6 Å². The summed E-state index contributed by atoms with van der Waals surface area (Å²) in [5.41, 5.74) is 1.71. The number of amides is 2. The molecular weight excluding hydrogens is 414 g/mol. The number of hydrogen-bond acceptors (Lipinski definition) is 6. The Kier molecular flexibility index (Phi) is 6.80. The molecule has 0 spiro atoms. The molecule has 3 N–H and O–H groups in total. The van der Waals surface area contributed by atoms with E-state index in [1.807, 2.05) is 43.4 Å². The van der Waals surface area contributed by atoms with E-state index in [2.05, 4.69) is 34.7 Å². The molecule has 2 amide bonds. The summed E-state index contributed by atoms with van der Waals surface area (Å²) in [5.74, 6) is -0.258. The summed E-state index contributed by atoms with van der Waals surface area (Å²) in [4.78, 5) is 35.9. The maximum atomic E-state index is 12.1. The lowest BCUT2D eigenvalue weighted by Gasteiger charge is -2.36. The predicted octanol–water partition coefficient (Wildman–Crippen LogP) is 1.98. The van der Waals surface area contributed by atoms with E-state index < -0.39 is 20.5 Å². The Morgan fingerprint density at radius 3 is 2.68 bits per heavy atom. The lowest BCUT2D eigenvalue weighted by atomic mass is 9.99. The van der Waals surface area contributed by atoms with Gasteiger partial charge in [-0.25, -0.2) is 4.79 Å². The van der Waals surface area contributed by atoms with E-state index in [1.165, 1.54) is 4.80 Å². The third kappa shape index (κ3) is 5.92. The molecule has 0 saturated carbocycles. The first kappa shape index (κ1) is 23.0. The van der Waals surface area contributed by atoms with Gasteiger partial charge in [0.25, 0.3) is 0 Å². The van der Waals surface area contributed by atoms with Gasteiger partial charge in [-0.2, -0.15) is 15.0 Å². The van der Waals surface area contributed by atoms with Crippen LogP contribution in [0.15, 0.2) is 36.5 Å². The molecule has 1 saturated heterocycles. The van der Waals surface area contributed by atoms with Crippen LogP contribution in [0.5, 0.6) is 0 Å². The Balaban J connectivity index is 1.48. The molecule has 0 unspecified atom stereocenters. The third-order valence-electron chi connectivity index (χ3n) is 6.10. The summed E-state index contributed by atoms with van der Waals surface area (Å²) in [6, 6.07) is 8.35. The molecule has 0 radical (unpaired) electrons. The number of rotatable bonds is 9. The smallest absolute Gasteiger partial charge is 0.408 e. The molecule has 1 aliphatic rings. The summed E-state index contributed by atoms with van der Waals surface area (Å²) < 4.78 is 5.19. The molecule has 1 fully saturated rings. The van der Waals surface area contributed by atoms with Crippen molar-refractivity contribution >= 4 is 20.3 Å². The summed E-state index contributed by atoms with van der Waals surface area (Å²) in [6.45, 7) is 8.54. The highest BCUT2D eigenvalue weighted by atomic mass is 28.4. The van der Waals surface area contributed by atoms with Gasteiger partial charge >= 0.3 is 6.09 Å². The Labute approximate surface area is 183 Å². The molecule has 10 heteroatoms. The van der Waals surface area contributed by atoms with Crippen LogP contribution in [-0.4, -0.2) is 52.2 Å². The highest BCUT2D eigenvalue weighted by Crippen LogP contribution is 2.39. The van der Waals surface area contributed by atoms with E-state index in [1.54, 1.807) is 6.20 Å². The van der Waals surface area contributed by atoms with Crippen LogP contribution < -0.4 is 10.6 Å². The molecule has 2 atom stereocenters. The van der Waals surface area contributed by atoms with Crippen LogP contribution >= 0.6 is 0 Å². The van der Waals surface area contributed by atoms with Gasteiger partial charge in [-0.1, -0.05) is 44.2 Å². The number of carbonyl (C=O) groups is 2. The second-order valence-electron chi connectivity index (χ2n) is 9.13. The first-order valence-corrected chi connectivity index (χ1v) is 13.4. The van der Waals surface area contributed by atoms with E-state index in [0.717, 1.165) is 17.7 Å². The lowest BCUT2D eigenvalue weighted by Crippen LogP contribution is -2.70. The van der Waals surface area contributed by atoms with Gasteiger partial charge in [-0.15, -0.1) is 0 Å². The van der Waals surface area contributed by atoms with Crippen LogP contribution in [-0.2, 0) is 29.1 Å². The summed E-state index contributed by atoms with van der Waals surface area (Å²) in [5, 5.41) is 14.0. The number of β-lactam (4-membered cyclic amide) rings is 1. The largest absolute Gasteiger partial charge is 0.445 e. The minimum absolute atomic E-state index is 0.131. The molecular formula is C21H31N5O4Si. The Morgan fingerprint density at radius 1 is 1.32 bits per heavy atom. The Bertz CT molecular complexity index is 910. The van der Waals surface area contributed by atoms with Crippen LogP contribution in [0.3, 0.4) is 0 Å². The van der Waals surface area contributed by atoms with Crippen LogP contribution in [0.1, 0.15) is 31.5 Å². The molecule has 0 bridgehead atoms. The fraction of sp³-hybridized carbons (Fsp3) is 0.524. The maximum Gasteiger partial charge on any atom is 0.408 e. The first-order valence-electron chi connectivity index (χ1n) is 10.4. The number of nitrogens with zero attached hydrogens (tertiary/aromatic N) is 3. The number of nitrogens with one attached hydrogen (secondary N) is 2. The van der Waals surface area contributed by atoms with Crippen molar-refractivity contribution in [1.82, 2.24) is 25.6 Å². The van der Waals surface area contributed by atoms with Gasteiger partial charge in [-0.05, 0) is 36.5 Å². The molecule has 1 aromatic heterocycles. The summed E-state index contributed by atoms with van der Waals surface area (Å²) >= 11 is 0. The number of aryl methyl sites for hydroxylation is 1. The highest BCUT2D eigenvalue weighted by molar-refractivity contribution is 6.72. The van der Waals surface area contributed by atoms with Gasteiger partial charge in [0.15, 0.2) is 8.32 Å². The molecule has 2 heterocycles. The normalized spacial score (nSPS) is 18.8. The molecule has 168 valence electrons. The number of alkyl carbamates (subject to hydrolysis) is 1. The standard InChI is InChI=1S/C21H31N5O4Si/c1-21(2,31(3,4)29)11-10-16-12-22-26(25-16)13-17-18(19(27)23-17)24-20(28)30-14-15-8-6-5-7-9-15/h5-9,12,17-18,29H,10-11,13-14H2,1-4H3,(H,23,27)(H,24,28)/t17-,18+/m1/s1. The average molecular weight is 446 g/mol. The van der Waals surface area contributed by atoms with E-state index >= 15 is 0 Å². The predicted molar refractivity (Wildman–Crippen MR) is 118 cm³/mol. The van der Waals surface area contributed by atoms with Gasteiger partial charge in [0.1, 0.15) is 12.6 Å². The average Bonchev–Trinajstić information content (AvgIpc) is 3.16. The van der Waals surface area contributed by atoms with Crippen molar-refractivity contribution in [3.8, 4) is 0 Å². The van der Waals surface area contributed by atoms with Crippen molar-refractivity contribution in [3.63, 3.8) is 0 Å². The van der Waals surface area contributed by atoms with Crippen molar-refractivity contribution < 1.29 is 19.1 Å². The third-order valence-corrected chi connectivity index (χ3v) is 9.67. The lowest BCUT2D eigenvalue weighted by molar-refractivity contribution is -0.132. The van der Waals surface area contributed by atoms with Crippen LogP contribution in [0.25, 0.3) is 0 Å². The topological polar surface area (TPSA) is 118 Å². The van der Waals surface area contributed by atoms with Gasteiger partial charge < -0.3 is 20.2 Å². The van der Waals surface area contributed by atoms with Gasteiger partial charge in [0.05, 0.1) is 24.5 Å². The SMILES string of the molecule is CC(C)(CCc1cnn(C[C@H]2NC(=O)[C@H]2NC(=O)OCc2ccccc2)n1)[Si](C)(C)O. The fourth-order valence-corrected chi connectivity index (χ4v) is 3.85. The first-order chi connectivity index (χ1) is 14.5. The van der Waals surface area contributed by atoms with Gasteiger partial charge in [-0.3, -0.25) is 4.79 Å².